The van der Waals surface area contributed by atoms with E-state index in [9.17, 15) is 0 Å². The molecule has 0 atom stereocenters. The molecule has 0 aliphatic carbocycles. The van der Waals surface area contributed by atoms with Gasteiger partial charge in [-0.05, 0) is 11.0 Å². The maximum Gasteiger partial charge on any atom is -0.0149 e. The third kappa shape index (κ3) is 33.9. The molecular formula is H4Cl4SiZr. The van der Waals surface area contributed by atoms with Gasteiger partial charge < -0.3 is 0 Å². The fourth-order valence-corrected chi connectivity index (χ4v) is 0. The van der Waals surface area contributed by atoms with Gasteiger partial charge in [0, 0.05) is 0 Å². The molecule has 0 rings (SSSR count). The zero-order valence-corrected chi connectivity index (χ0v) is 7.49. The van der Waals surface area contributed by atoms with Gasteiger partial charge in [-0.15, -0.1) is 0 Å². The molecule has 0 bridgehead atoms. The fourth-order valence-electron chi connectivity index (χ4n) is 0. The first kappa shape index (κ1) is 11.1. The third-order valence-electron chi connectivity index (χ3n) is 0. The Morgan fingerprint density at radius 2 is 0.833 bits per heavy atom. The van der Waals surface area contributed by atoms with Crippen molar-refractivity contribution in [3.05, 3.63) is 0 Å². The van der Waals surface area contributed by atoms with Crippen molar-refractivity contribution >= 4 is 45.0 Å². The average Bonchev–Trinajstić information content (AvgIpc) is 0.722. The molecule has 0 spiro atoms. The van der Waals surface area contributed by atoms with Gasteiger partial charge in [-0.3, -0.25) is 0 Å². The van der Waals surface area contributed by atoms with Crippen molar-refractivity contribution in [2.45, 2.75) is 0 Å². The summed E-state index contributed by atoms with van der Waals surface area (Å²) in [5, 5.41) is 0. The van der Waals surface area contributed by atoms with Gasteiger partial charge in [0.25, 0.3) is 0 Å². The summed E-state index contributed by atoms with van der Waals surface area (Å²) in [5.41, 5.74) is 0. The van der Waals surface area contributed by atoms with E-state index in [2.05, 4.69) is 0 Å². The zero-order chi connectivity index (χ0) is 4.50. The predicted molar refractivity (Wildman–Crippen MR) is 34.7 cm³/mol. The van der Waals surface area contributed by atoms with Crippen LogP contribution in [0.3, 0.4) is 0 Å². The predicted octanol–water partition coefficient (Wildman–Crippen LogP) is 1.30. The topological polar surface area (TPSA) is 0 Å². The fraction of sp³-hybridized carbons (Fsp3) is 0. The molecule has 0 aromatic rings. The second kappa shape index (κ2) is 4.17. The van der Waals surface area contributed by atoms with Gasteiger partial charge >= 0.3 is 49.5 Å². The molecule has 0 saturated heterocycles. The van der Waals surface area contributed by atoms with Crippen LogP contribution >= 0.6 is 34.1 Å². The smallest absolute Gasteiger partial charge is 0.0149 e. The van der Waals surface area contributed by atoms with Crippen LogP contribution in [0.4, 0.5) is 0 Å². The molecule has 0 radical (unpaired) electrons. The van der Waals surface area contributed by atoms with Crippen LogP contribution in [-0.4, -0.2) is 11.0 Å². The number of hydrogen-bond donors (Lipinski definition) is 0. The summed E-state index contributed by atoms with van der Waals surface area (Å²) < 4.78 is 0. The first-order chi connectivity index (χ1) is 2.00. The third-order valence-corrected chi connectivity index (χ3v) is 0. The van der Waals surface area contributed by atoms with Crippen LogP contribution in [0.25, 0.3) is 0 Å². The Balaban J connectivity index is 0. The van der Waals surface area contributed by atoms with Gasteiger partial charge in [-0.1, -0.05) is 0 Å². The van der Waals surface area contributed by atoms with Crippen LogP contribution in [0.5, 0.6) is 0 Å². The molecule has 0 N–H and O–H groups in total. The van der Waals surface area contributed by atoms with Crippen molar-refractivity contribution in [3.8, 4) is 0 Å². The number of hydrogen-bond acceptors (Lipinski definition) is 0. The molecule has 6 heavy (non-hydrogen) atoms. The molecule has 0 amide bonds. The maximum atomic E-state index is 5.04. The zero-order valence-electron chi connectivity index (χ0n) is 2.01. The van der Waals surface area contributed by atoms with Gasteiger partial charge in [0.2, 0.25) is 0 Å². The quantitative estimate of drug-likeness (QED) is 0.579. The van der Waals surface area contributed by atoms with Crippen molar-refractivity contribution in [1.82, 2.24) is 0 Å². The Morgan fingerprint density at radius 3 is 0.833 bits per heavy atom. The van der Waals surface area contributed by atoms with Gasteiger partial charge in [0.1, 0.15) is 0 Å². The Labute approximate surface area is 59.7 Å². The Hall–Kier alpha value is 2.26. The molecule has 0 saturated carbocycles. The minimum atomic E-state index is -3.29. The summed E-state index contributed by atoms with van der Waals surface area (Å²) in [6.45, 7) is 0. The minimum Gasteiger partial charge on any atom is -0.0149 e. The molecule has 6 heteroatoms. The second-order valence-electron chi connectivity index (χ2n) is 0.429. The molecular weight excluding hydrogens is 261 g/mol. The van der Waals surface area contributed by atoms with Crippen molar-refractivity contribution in [2.75, 3.05) is 0 Å². The molecule has 0 fully saturated rings. The van der Waals surface area contributed by atoms with Gasteiger partial charge in [0.05, 0.1) is 0 Å². The Morgan fingerprint density at radius 1 is 0.833 bits per heavy atom. The summed E-state index contributed by atoms with van der Waals surface area (Å²) in [4.78, 5) is 0. The van der Waals surface area contributed by atoms with Crippen LogP contribution < -0.4 is 0 Å². The van der Waals surface area contributed by atoms with E-state index in [4.69, 9.17) is 34.1 Å². The van der Waals surface area contributed by atoms with Crippen molar-refractivity contribution < 1.29 is 15.5 Å². The SMILES string of the molecule is [Cl][Zr]([Cl])([Cl])[Cl].[SiH4]. The standard InChI is InChI=1S/4ClH.H4Si.Zr/h4*1H;1H4;/q;;;;;+4/p-4. The largest absolute Gasteiger partial charge is 0.0149 e. The molecule has 0 aliphatic rings. The molecule has 40 valence electrons. The van der Waals surface area contributed by atoms with E-state index in [0.717, 1.165) is 0 Å². The molecule has 0 aromatic heterocycles. The van der Waals surface area contributed by atoms with Gasteiger partial charge in [-0.25, -0.2) is 0 Å². The van der Waals surface area contributed by atoms with E-state index >= 15 is 0 Å². The van der Waals surface area contributed by atoms with E-state index in [0.29, 0.717) is 0 Å². The summed E-state index contributed by atoms with van der Waals surface area (Å²) in [6.07, 6.45) is 0. The van der Waals surface area contributed by atoms with Crippen LogP contribution in [-0.2, 0) is 15.5 Å². The summed E-state index contributed by atoms with van der Waals surface area (Å²) in [6, 6.07) is 0. The van der Waals surface area contributed by atoms with Gasteiger partial charge in [0.15, 0.2) is 0 Å². The van der Waals surface area contributed by atoms with E-state index in [-0.39, 0.29) is 11.0 Å². The van der Waals surface area contributed by atoms with E-state index in [1.54, 1.807) is 0 Å². The summed E-state index contributed by atoms with van der Waals surface area (Å²) in [7, 11) is 20.1. The van der Waals surface area contributed by atoms with Crippen molar-refractivity contribution in [1.29, 1.82) is 0 Å². The molecule has 0 aromatic carbocycles. The Kier molecular flexibility index (Phi) is 7.72. The minimum absolute atomic E-state index is 0. The van der Waals surface area contributed by atoms with E-state index in [1.807, 2.05) is 0 Å². The summed E-state index contributed by atoms with van der Waals surface area (Å²) >= 11 is -3.29. The van der Waals surface area contributed by atoms with Crippen LogP contribution in [0.15, 0.2) is 0 Å². The Bertz CT molecular complexity index is 23.0. The van der Waals surface area contributed by atoms with E-state index < -0.39 is 15.5 Å². The first-order valence-electron chi connectivity index (χ1n) is 0.756. The first-order valence-corrected chi connectivity index (χ1v) is 13.4. The molecule has 0 heterocycles. The molecule has 0 aliphatic heterocycles. The summed E-state index contributed by atoms with van der Waals surface area (Å²) in [5.74, 6) is 0. The maximum absolute atomic E-state index is 5.04. The van der Waals surface area contributed by atoms with Crippen LogP contribution in [0.2, 0.25) is 0 Å². The number of halogens is 4. The monoisotopic (exact) mass is 262 g/mol. The van der Waals surface area contributed by atoms with Crippen molar-refractivity contribution in [3.63, 3.8) is 0 Å². The molecule has 0 nitrogen and oxygen atoms in total. The van der Waals surface area contributed by atoms with Crippen LogP contribution in [0.1, 0.15) is 0 Å². The normalized spacial score (nSPS) is 10.0. The second-order valence-corrected chi connectivity index (χ2v) is 22.8. The molecule has 0 unspecified atom stereocenters. The number of rotatable bonds is 0. The van der Waals surface area contributed by atoms with Gasteiger partial charge in [-0.2, -0.15) is 0 Å². The van der Waals surface area contributed by atoms with Crippen LogP contribution in [0, 0.1) is 0 Å². The van der Waals surface area contributed by atoms with E-state index in [1.165, 1.54) is 0 Å². The average molecular weight is 265 g/mol. The van der Waals surface area contributed by atoms with Crippen molar-refractivity contribution in [2.24, 2.45) is 0 Å².